The van der Waals surface area contributed by atoms with Gasteiger partial charge in [0.05, 0.1) is 29.5 Å². The normalized spacial score (nSPS) is 21.1. The molecule has 5 heterocycles. The first-order valence-corrected chi connectivity index (χ1v) is 11.6. The molecule has 1 aromatic carbocycles. The molecule has 0 unspecified atom stereocenters. The molecule has 3 aromatic rings. The molecular weight excluding hydrogens is 440 g/mol. The SMILES string of the molecule is CN1CCOc2cc(C(=O)N3[C@@H]4CCC[C@H]3c3nn(C)c(-c5cc(F)cc(F)c5)c3C4)cnc21. The van der Waals surface area contributed by atoms with E-state index in [0.29, 0.717) is 35.6 Å². The van der Waals surface area contributed by atoms with Crippen LogP contribution in [0.2, 0.25) is 0 Å². The number of aryl methyl sites for hydroxylation is 1. The Kier molecular flexibility index (Phi) is 4.82. The summed E-state index contributed by atoms with van der Waals surface area (Å²) < 4.78 is 35.4. The van der Waals surface area contributed by atoms with Crippen molar-refractivity contribution in [2.24, 2.45) is 7.05 Å². The Balaban J connectivity index is 1.39. The van der Waals surface area contributed by atoms with Crippen molar-refractivity contribution in [1.82, 2.24) is 19.7 Å². The number of fused-ring (bicyclic) bond motifs is 5. The van der Waals surface area contributed by atoms with Crippen LogP contribution in [0.3, 0.4) is 0 Å². The van der Waals surface area contributed by atoms with E-state index in [4.69, 9.17) is 9.84 Å². The quantitative estimate of drug-likeness (QED) is 0.575. The molecule has 3 aliphatic rings. The predicted octanol–water partition coefficient (Wildman–Crippen LogP) is 3.88. The molecule has 2 aromatic heterocycles. The number of halogens is 2. The van der Waals surface area contributed by atoms with E-state index < -0.39 is 11.6 Å². The summed E-state index contributed by atoms with van der Waals surface area (Å²) in [6.45, 7) is 1.31. The average molecular weight is 466 g/mol. The van der Waals surface area contributed by atoms with Gasteiger partial charge in [0, 0.05) is 43.5 Å². The summed E-state index contributed by atoms with van der Waals surface area (Å²) in [6, 6.07) is 5.13. The smallest absolute Gasteiger partial charge is 0.256 e. The lowest BCUT2D eigenvalue weighted by atomic mass is 9.81. The van der Waals surface area contributed by atoms with E-state index in [9.17, 15) is 13.6 Å². The molecule has 0 spiro atoms. The number of piperidine rings is 1. The number of carbonyl (C=O) groups excluding carboxylic acids is 1. The third kappa shape index (κ3) is 3.25. The van der Waals surface area contributed by atoms with Crippen LogP contribution in [0, 0.1) is 11.6 Å². The second-order valence-corrected chi connectivity index (χ2v) is 9.33. The molecule has 0 aliphatic carbocycles. The number of aromatic nitrogens is 3. The molecule has 34 heavy (non-hydrogen) atoms. The minimum Gasteiger partial charge on any atom is -0.488 e. The van der Waals surface area contributed by atoms with E-state index >= 15 is 0 Å². The lowest BCUT2D eigenvalue weighted by Gasteiger charge is -2.45. The molecule has 1 amide bonds. The summed E-state index contributed by atoms with van der Waals surface area (Å²) in [6.07, 6.45) is 4.87. The van der Waals surface area contributed by atoms with Gasteiger partial charge >= 0.3 is 0 Å². The van der Waals surface area contributed by atoms with Gasteiger partial charge in [-0.15, -0.1) is 0 Å². The van der Waals surface area contributed by atoms with Gasteiger partial charge in [0.2, 0.25) is 0 Å². The standard InChI is InChI=1S/C25H25F2N5O2/c1-30-6-7-34-21-10-15(13-28-24(21)30)25(33)32-18-4-3-5-20(32)22-19(12-18)23(31(2)29-22)14-8-16(26)11-17(27)9-14/h8-11,13,18,20H,3-7,12H2,1-2H3/t18-,20+/m1/s1. The molecular formula is C25H25F2N5O2. The molecule has 2 atom stereocenters. The fourth-order valence-electron chi connectivity index (χ4n) is 5.70. The highest BCUT2D eigenvalue weighted by molar-refractivity contribution is 5.95. The van der Waals surface area contributed by atoms with E-state index in [1.54, 1.807) is 24.0 Å². The van der Waals surface area contributed by atoms with Crippen LogP contribution in [0.4, 0.5) is 14.6 Å². The molecule has 7 nitrogen and oxygen atoms in total. The minimum absolute atomic E-state index is 0.0141. The van der Waals surface area contributed by atoms with Crippen LogP contribution >= 0.6 is 0 Å². The van der Waals surface area contributed by atoms with Gasteiger partial charge < -0.3 is 14.5 Å². The van der Waals surface area contributed by atoms with Crippen LogP contribution in [-0.2, 0) is 13.5 Å². The molecule has 2 bridgehead atoms. The summed E-state index contributed by atoms with van der Waals surface area (Å²) in [5, 5.41) is 4.74. The van der Waals surface area contributed by atoms with E-state index in [-0.39, 0.29) is 18.0 Å². The van der Waals surface area contributed by atoms with Crippen LogP contribution in [0.1, 0.15) is 46.9 Å². The number of hydrogen-bond acceptors (Lipinski definition) is 5. The molecule has 0 saturated carbocycles. The Morgan fingerprint density at radius 2 is 1.91 bits per heavy atom. The zero-order valence-corrected chi connectivity index (χ0v) is 19.1. The Morgan fingerprint density at radius 3 is 2.71 bits per heavy atom. The maximum absolute atomic E-state index is 14.0. The fraction of sp³-hybridized carbons (Fsp3) is 0.400. The number of rotatable bonds is 2. The molecule has 176 valence electrons. The van der Waals surface area contributed by atoms with Crippen molar-refractivity contribution in [1.29, 1.82) is 0 Å². The van der Waals surface area contributed by atoms with Gasteiger partial charge in [0.25, 0.3) is 5.91 Å². The number of likely N-dealkylation sites (N-methyl/N-ethyl adjacent to an activating group) is 1. The second kappa shape index (κ2) is 7.78. The Hall–Kier alpha value is -3.49. The number of ether oxygens (including phenoxy) is 1. The van der Waals surface area contributed by atoms with Crippen molar-refractivity contribution in [3.8, 4) is 17.0 Å². The van der Waals surface area contributed by atoms with Gasteiger partial charge in [-0.2, -0.15) is 5.10 Å². The summed E-state index contributed by atoms with van der Waals surface area (Å²) in [5.74, 6) is 0.0314. The molecule has 0 radical (unpaired) electrons. The van der Waals surface area contributed by atoms with Crippen molar-refractivity contribution in [3.05, 3.63) is 58.9 Å². The largest absolute Gasteiger partial charge is 0.488 e. The van der Waals surface area contributed by atoms with Gasteiger partial charge in [0.15, 0.2) is 11.6 Å². The summed E-state index contributed by atoms with van der Waals surface area (Å²) in [5.41, 5.74) is 3.46. The molecule has 6 rings (SSSR count). The summed E-state index contributed by atoms with van der Waals surface area (Å²) in [7, 11) is 3.74. The first-order valence-electron chi connectivity index (χ1n) is 11.6. The molecule has 9 heteroatoms. The van der Waals surface area contributed by atoms with Crippen molar-refractivity contribution >= 4 is 11.7 Å². The van der Waals surface area contributed by atoms with Gasteiger partial charge in [-0.1, -0.05) is 0 Å². The predicted molar refractivity (Wildman–Crippen MR) is 122 cm³/mol. The maximum Gasteiger partial charge on any atom is 0.256 e. The van der Waals surface area contributed by atoms with Gasteiger partial charge in [0.1, 0.15) is 18.2 Å². The van der Waals surface area contributed by atoms with Crippen molar-refractivity contribution in [3.63, 3.8) is 0 Å². The summed E-state index contributed by atoms with van der Waals surface area (Å²) in [4.78, 5) is 22.2. The zero-order valence-electron chi connectivity index (χ0n) is 19.1. The van der Waals surface area contributed by atoms with Crippen LogP contribution in [0.25, 0.3) is 11.3 Å². The molecule has 3 aliphatic heterocycles. The maximum atomic E-state index is 14.0. The first kappa shape index (κ1) is 21.1. The van der Waals surface area contributed by atoms with E-state index in [2.05, 4.69) is 4.98 Å². The molecule has 0 N–H and O–H groups in total. The van der Waals surface area contributed by atoms with Crippen molar-refractivity contribution < 1.29 is 18.3 Å². The minimum atomic E-state index is -0.620. The molecule has 1 saturated heterocycles. The Labute approximate surface area is 195 Å². The van der Waals surface area contributed by atoms with Crippen LogP contribution in [0.15, 0.2) is 30.5 Å². The van der Waals surface area contributed by atoms with E-state index in [1.807, 2.05) is 16.8 Å². The summed E-state index contributed by atoms with van der Waals surface area (Å²) >= 11 is 0. The average Bonchev–Trinajstić information content (AvgIpc) is 3.13. The number of hydrogen-bond donors (Lipinski definition) is 0. The third-order valence-electron chi connectivity index (χ3n) is 7.17. The lowest BCUT2D eigenvalue weighted by Crippen LogP contribution is -2.50. The van der Waals surface area contributed by atoms with Crippen molar-refractivity contribution in [2.45, 2.75) is 37.8 Å². The Morgan fingerprint density at radius 1 is 1.12 bits per heavy atom. The van der Waals surface area contributed by atoms with Gasteiger partial charge in [-0.25, -0.2) is 13.8 Å². The topological polar surface area (TPSA) is 63.5 Å². The number of pyridine rings is 1. The van der Waals surface area contributed by atoms with Crippen molar-refractivity contribution in [2.75, 3.05) is 25.1 Å². The van der Waals surface area contributed by atoms with Gasteiger partial charge in [-0.05, 0) is 43.9 Å². The van der Waals surface area contributed by atoms with Crippen LogP contribution < -0.4 is 9.64 Å². The third-order valence-corrected chi connectivity index (χ3v) is 7.17. The first-order chi connectivity index (χ1) is 16.4. The number of anilines is 1. The number of nitrogens with zero attached hydrogens (tertiary/aromatic N) is 5. The van der Waals surface area contributed by atoms with Crippen LogP contribution in [-0.4, -0.2) is 51.8 Å². The lowest BCUT2D eigenvalue weighted by molar-refractivity contribution is 0.0391. The highest BCUT2D eigenvalue weighted by Crippen LogP contribution is 2.45. The fourth-order valence-corrected chi connectivity index (χ4v) is 5.70. The number of carbonyl (C=O) groups is 1. The highest BCUT2D eigenvalue weighted by atomic mass is 19.1. The van der Waals surface area contributed by atoms with Gasteiger partial charge in [-0.3, -0.25) is 9.48 Å². The van der Waals surface area contributed by atoms with E-state index in [0.717, 1.165) is 48.9 Å². The van der Waals surface area contributed by atoms with E-state index in [1.165, 1.54) is 12.1 Å². The zero-order chi connectivity index (χ0) is 23.6. The highest BCUT2D eigenvalue weighted by Gasteiger charge is 2.43. The second-order valence-electron chi connectivity index (χ2n) is 9.33. The number of amides is 1. The van der Waals surface area contributed by atoms with Crippen LogP contribution in [0.5, 0.6) is 5.75 Å². The Bertz CT molecular complexity index is 1290. The number of benzene rings is 1. The monoisotopic (exact) mass is 465 g/mol. The molecule has 1 fully saturated rings.